The SMILES string of the molecule is O=C(NCC#Cc1cc(C(F)(F)F)cnc1Cl)OCc1ccccc1. The number of aromatic nitrogens is 1. The van der Waals surface area contributed by atoms with E-state index in [0.29, 0.717) is 6.20 Å². The van der Waals surface area contributed by atoms with Gasteiger partial charge in [0, 0.05) is 6.20 Å². The molecule has 1 heterocycles. The highest BCUT2D eigenvalue weighted by molar-refractivity contribution is 6.30. The van der Waals surface area contributed by atoms with Gasteiger partial charge in [0.25, 0.3) is 0 Å². The maximum absolute atomic E-state index is 12.6. The maximum atomic E-state index is 12.6. The number of ether oxygens (including phenoxy) is 1. The summed E-state index contributed by atoms with van der Waals surface area (Å²) in [7, 11) is 0. The van der Waals surface area contributed by atoms with Gasteiger partial charge in [-0.05, 0) is 11.6 Å². The molecule has 1 aromatic carbocycles. The van der Waals surface area contributed by atoms with Crippen LogP contribution in [0.1, 0.15) is 16.7 Å². The van der Waals surface area contributed by atoms with Crippen LogP contribution < -0.4 is 5.32 Å². The first kappa shape index (κ1) is 18.6. The van der Waals surface area contributed by atoms with Gasteiger partial charge in [-0.2, -0.15) is 13.2 Å². The zero-order chi connectivity index (χ0) is 18.3. The van der Waals surface area contributed by atoms with Gasteiger partial charge in [-0.3, -0.25) is 0 Å². The zero-order valence-electron chi connectivity index (χ0n) is 12.7. The minimum Gasteiger partial charge on any atom is -0.445 e. The summed E-state index contributed by atoms with van der Waals surface area (Å²) in [6.07, 6.45) is -4.59. The minimum atomic E-state index is -4.53. The summed E-state index contributed by atoms with van der Waals surface area (Å²) in [4.78, 5) is 14.9. The second-order valence-electron chi connectivity index (χ2n) is 4.78. The molecule has 4 nitrogen and oxygen atoms in total. The Balaban J connectivity index is 1.87. The number of carbonyl (C=O) groups is 1. The molecular formula is C17H12ClF3N2O2. The van der Waals surface area contributed by atoms with Gasteiger partial charge in [0.1, 0.15) is 11.8 Å². The fourth-order valence-electron chi connectivity index (χ4n) is 1.72. The number of nitrogens with zero attached hydrogens (tertiary/aromatic N) is 1. The lowest BCUT2D eigenvalue weighted by molar-refractivity contribution is -0.137. The zero-order valence-corrected chi connectivity index (χ0v) is 13.5. The summed E-state index contributed by atoms with van der Waals surface area (Å²) in [5.74, 6) is 4.94. The predicted octanol–water partition coefficient (Wildman–Crippen LogP) is 4.03. The van der Waals surface area contributed by atoms with Gasteiger partial charge in [-0.15, -0.1) is 0 Å². The molecule has 1 N–H and O–H groups in total. The molecule has 2 rings (SSSR count). The van der Waals surface area contributed by atoms with Crippen LogP contribution >= 0.6 is 11.6 Å². The monoisotopic (exact) mass is 368 g/mol. The number of carbonyl (C=O) groups excluding carboxylic acids is 1. The van der Waals surface area contributed by atoms with Gasteiger partial charge in [0.15, 0.2) is 0 Å². The highest BCUT2D eigenvalue weighted by Crippen LogP contribution is 2.30. The van der Waals surface area contributed by atoms with Crippen molar-refractivity contribution in [1.29, 1.82) is 0 Å². The standard InChI is InChI=1S/C17H12ClF3N2O2/c18-15-13(9-14(10-23-15)17(19,20)21)7-4-8-22-16(24)25-11-12-5-2-1-3-6-12/h1-3,5-6,9-10H,8,11H2,(H,22,24). The molecule has 0 fully saturated rings. The Labute approximate surface area is 147 Å². The lowest BCUT2D eigenvalue weighted by atomic mass is 10.2. The lowest BCUT2D eigenvalue weighted by Crippen LogP contribution is -2.24. The van der Waals surface area contributed by atoms with Crippen LogP contribution in [0.4, 0.5) is 18.0 Å². The lowest BCUT2D eigenvalue weighted by Gasteiger charge is -2.06. The molecule has 0 saturated carbocycles. The molecule has 0 aliphatic heterocycles. The number of alkyl halides is 3. The van der Waals surface area contributed by atoms with Gasteiger partial charge in [-0.25, -0.2) is 9.78 Å². The normalized spacial score (nSPS) is 10.6. The van der Waals surface area contributed by atoms with Crippen molar-refractivity contribution in [2.24, 2.45) is 0 Å². The van der Waals surface area contributed by atoms with Gasteiger partial charge >= 0.3 is 12.3 Å². The largest absolute Gasteiger partial charge is 0.445 e. The number of halogens is 4. The van der Waals surface area contributed by atoms with E-state index in [1.165, 1.54) is 0 Å². The molecule has 0 bridgehead atoms. The van der Waals surface area contributed by atoms with Crippen molar-refractivity contribution in [2.45, 2.75) is 12.8 Å². The van der Waals surface area contributed by atoms with E-state index in [2.05, 4.69) is 22.1 Å². The molecule has 8 heteroatoms. The van der Waals surface area contributed by atoms with E-state index >= 15 is 0 Å². The first-order valence-corrected chi connectivity index (χ1v) is 7.40. The number of pyridine rings is 1. The summed E-state index contributed by atoms with van der Waals surface area (Å²) in [5.41, 5.74) is -0.196. The number of rotatable bonds is 3. The molecule has 1 aromatic heterocycles. The number of hydrogen-bond donors (Lipinski definition) is 1. The van der Waals surface area contributed by atoms with E-state index in [9.17, 15) is 18.0 Å². The molecule has 0 aliphatic carbocycles. The van der Waals surface area contributed by atoms with E-state index in [1.54, 1.807) is 12.1 Å². The fraction of sp³-hybridized carbons (Fsp3) is 0.176. The molecular weight excluding hydrogens is 357 g/mol. The van der Waals surface area contributed by atoms with Crippen LogP contribution in [0.15, 0.2) is 42.6 Å². The van der Waals surface area contributed by atoms with Gasteiger partial charge in [-0.1, -0.05) is 53.8 Å². The second kappa shape index (κ2) is 8.40. The third kappa shape index (κ3) is 6.01. The second-order valence-corrected chi connectivity index (χ2v) is 5.14. The predicted molar refractivity (Wildman–Crippen MR) is 85.8 cm³/mol. The molecule has 0 atom stereocenters. The Morgan fingerprint density at radius 3 is 2.68 bits per heavy atom. The van der Waals surface area contributed by atoms with Crippen molar-refractivity contribution in [2.75, 3.05) is 6.54 Å². The van der Waals surface area contributed by atoms with Crippen molar-refractivity contribution in [3.63, 3.8) is 0 Å². The summed E-state index contributed by atoms with van der Waals surface area (Å²) in [6, 6.07) is 9.87. The first-order valence-electron chi connectivity index (χ1n) is 7.02. The fourth-order valence-corrected chi connectivity index (χ4v) is 1.87. The van der Waals surface area contributed by atoms with Gasteiger partial charge < -0.3 is 10.1 Å². The Morgan fingerprint density at radius 1 is 1.28 bits per heavy atom. The Hall–Kier alpha value is -2.72. The molecule has 0 radical (unpaired) electrons. The Kier molecular flexibility index (Phi) is 6.25. The third-order valence-corrected chi connectivity index (χ3v) is 3.22. The molecule has 2 aromatic rings. The molecule has 0 saturated heterocycles. The van der Waals surface area contributed by atoms with Crippen molar-refractivity contribution < 1.29 is 22.7 Å². The highest BCUT2D eigenvalue weighted by Gasteiger charge is 2.31. The third-order valence-electron chi connectivity index (χ3n) is 2.92. The number of nitrogens with one attached hydrogen (secondary N) is 1. The molecule has 1 amide bonds. The van der Waals surface area contributed by atoms with Crippen LogP contribution in [0.5, 0.6) is 0 Å². The number of hydrogen-bond acceptors (Lipinski definition) is 3. The van der Waals surface area contributed by atoms with E-state index in [-0.39, 0.29) is 23.9 Å². The smallest absolute Gasteiger partial charge is 0.417 e. The summed E-state index contributed by atoms with van der Waals surface area (Å²) < 4.78 is 42.8. The number of alkyl carbamates (subject to hydrolysis) is 1. The summed E-state index contributed by atoms with van der Waals surface area (Å²) >= 11 is 5.71. The molecule has 0 spiro atoms. The van der Waals surface area contributed by atoms with E-state index in [4.69, 9.17) is 16.3 Å². The molecule has 25 heavy (non-hydrogen) atoms. The highest BCUT2D eigenvalue weighted by atomic mass is 35.5. The Bertz CT molecular complexity index is 799. The number of benzene rings is 1. The van der Waals surface area contributed by atoms with Crippen LogP contribution in [0.25, 0.3) is 0 Å². The minimum absolute atomic E-state index is 0.0732. The van der Waals surface area contributed by atoms with Crippen LogP contribution in [-0.4, -0.2) is 17.6 Å². The molecule has 0 aliphatic rings. The molecule has 130 valence electrons. The summed E-state index contributed by atoms with van der Waals surface area (Å²) in [5, 5.41) is 2.22. The molecule has 0 unspecified atom stereocenters. The summed E-state index contributed by atoms with van der Waals surface area (Å²) in [6.45, 7) is -0.0102. The van der Waals surface area contributed by atoms with Crippen molar-refractivity contribution in [1.82, 2.24) is 10.3 Å². The first-order chi connectivity index (χ1) is 11.9. The Morgan fingerprint density at radius 2 is 2.00 bits per heavy atom. The van der Waals surface area contributed by atoms with Gasteiger partial charge in [0.2, 0.25) is 0 Å². The van der Waals surface area contributed by atoms with E-state index in [0.717, 1.165) is 11.6 Å². The average Bonchev–Trinajstić information content (AvgIpc) is 2.58. The average molecular weight is 369 g/mol. The number of amides is 1. The van der Waals surface area contributed by atoms with Gasteiger partial charge in [0.05, 0.1) is 17.7 Å². The van der Waals surface area contributed by atoms with Crippen LogP contribution in [0.2, 0.25) is 5.15 Å². The quantitative estimate of drug-likeness (QED) is 0.657. The maximum Gasteiger partial charge on any atom is 0.417 e. The van der Waals surface area contributed by atoms with E-state index in [1.807, 2.05) is 18.2 Å². The topological polar surface area (TPSA) is 51.2 Å². The van der Waals surface area contributed by atoms with Crippen LogP contribution in [-0.2, 0) is 17.5 Å². The van der Waals surface area contributed by atoms with E-state index < -0.39 is 17.8 Å². The van der Waals surface area contributed by atoms with Crippen molar-refractivity contribution in [3.05, 3.63) is 64.4 Å². The van der Waals surface area contributed by atoms with Crippen molar-refractivity contribution >= 4 is 17.7 Å². The van der Waals surface area contributed by atoms with Crippen molar-refractivity contribution in [3.8, 4) is 11.8 Å². The van der Waals surface area contributed by atoms with Crippen LogP contribution in [0, 0.1) is 11.8 Å². The van der Waals surface area contributed by atoms with Crippen LogP contribution in [0.3, 0.4) is 0 Å².